The van der Waals surface area contributed by atoms with Crippen molar-refractivity contribution in [3.05, 3.63) is 78.1 Å². The van der Waals surface area contributed by atoms with Crippen LogP contribution < -0.4 is 10.1 Å². The molecule has 0 spiro atoms. The van der Waals surface area contributed by atoms with E-state index in [9.17, 15) is 4.79 Å². The summed E-state index contributed by atoms with van der Waals surface area (Å²) in [6.07, 6.45) is 0. The zero-order valence-corrected chi connectivity index (χ0v) is 14.7. The van der Waals surface area contributed by atoms with Gasteiger partial charge < -0.3 is 14.5 Å². The van der Waals surface area contributed by atoms with Crippen molar-refractivity contribution < 1.29 is 13.9 Å². The summed E-state index contributed by atoms with van der Waals surface area (Å²) in [6.45, 7) is 1.94. The lowest BCUT2D eigenvalue weighted by atomic mass is 10.1. The number of hydrogen-bond donors (Lipinski definition) is 1. The standard InChI is InChI=1S/C22H19NO3/c1-14(15-7-10-17(25-2)11-8-15)23-22(24)21-13-19-18-6-4-3-5-16(18)9-12-20(19)26-21/h3-14H,1-2H3,(H,23,24). The molecule has 4 rings (SSSR count). The van der Waals surface area contributed by atoms with E-state index in [-0.39, 0.29) is 11.9 Å². The molecule has 0 aliphatic carbocycles. The molecular weight excluding hydrogens is 326 g/mol. The molecule has 0 radical (unpaired) electrons. The van der Waals surface area contributed by atoms with Crippen LogP contribution in [0.2, 0.25) is 0 Å². The number of nitrogens with one attached hydrogen (secondary N) is 1. The van der Waals surface area contributed by atoms with E-state index in [0.717, 1.165) is 27.5 Å². The fourth-order valence-electron chi connectivity index (χ4n) is 3.15. The van der Waals surface area contributed by atoms with Crippen LogP contribution >= 0.6 is 0 Å². The van der Waals surface area contributed by atoms with Gasteiger partial charge in [0.1, 0.15) is 11.3 Å². The molecule has 0 aliphatic rings. The zero-order chi connectivity index (χ0) is 18.1. The summed E-state index contributed by atoms with van der Waals surface area (Å²) < 4.78 is 10.9. The SMILES string of the molecule is COc1ccc(C(C)NC(=O)c2cc3c(ccc4ccccc43)o2)cc1. The molecule has 4 aromatic rings. The van der Waals surface area contributed by atoms with Crippen LogP contribution in [0.5, 0.6) is 5.75 Å². The Hall–Kier alpha value is -3.27. The van der Waals surface area contributed by atoms with Crippen molar-refractivity contribution in [2.75, 3.05) is 7.11 Å². The van der Waals surface area contributed by atoms with Gasteiger partial charge >= 0.3 is 0 Å². The largest absolute Gasteiger partial charge is 0.497 e. The predicted molar refractivity (Wildman–Crippen MR) is 103 cm³/mol. The molecule has 3 aromatic carbocycles. The van der Waals surface area contributed by atoms with Gasteiger partial charge in [-0.05, 0) is 47.5 Å². The number of fused-ring (bicyclic) bond motifs is 3. The Balaban J connectivity index is 1.60. The van der Waals surface area contributed by atoms with Crippen LogP contribution in [0.25, 0.3) is 21.7 Å². The molecule has 1 unspecified atom stereocenters. The number of amides is 1. The molecule has 0 saturated carbocycles. The lowest BCUT2D eigenvalue weighted by molar-refractivity contribution is 0.0914. The van der Waals surface area contributed by atoms with Gasteiger partial charge in [0.25, 0.3) is 5.91 Å². The first-order valence-electron chi connectivity index (χ1n) is 8.52. The van der Waals surface area contributed by atoms with Crippen molar-refractivity contribution in [2.45, 2.75) is 13.0 Å². The molecule has 4 nitrogen and oxygen atoms in total. The smallest absolute Gasteiger partial charge is 0.287 e. The Bertz CT molecular complexity index is 1080. The van der Waals surface area contributed by atoms with Gasteiger partial charge in [-0.2, -0.15) is 0 Å². The Labute approximate surface area is 151 Å². The van der Waals surface area contributed by atoms with Gasteiger partial charge in [0.05, 0.1) is 13.2 Å². The molecule has 4 heteroatoms. The topological polar surface area (TPSA) is 51.5 Å². The highest BCUT2D eigenvalue weighted by Gasteiger charge is 2.16. The number of hydrogen-bond acceptors (Lipinski definition) is 3. The fourth-order valence-corrected chi connectivity index (χ4v) is 3.15. The first kappa shape index (κ1) is 16.2. The summed E-state index contributed by atoms with van der Waals surface area (Å²) in [5.74, 6) is 0.877. The molecule has 1 N–H and O–H groups in total. The van der Waals surface area contributed by atoms with Gasteiger partial charge in [-0.25, -0.2) is 0 Å². The number of furan rings is 1. The fraction of sp³-hybridized carbons (Fsp3) is 0.136. The van der Waals surface area contributed by atoms with Gasteiger partial charge in [0, 0.05) is 5.39 Å². The Morgan fingerprint density at radius 1 is 1.00 bits per heavy atom. The van der Waals surface area contributed by atoms with E-state index >= 15 is 0 Å². The van der Waals surface area contributed by atoms with E-state index in [1.54, 1.807) is 7.11 Å². The van der Waals surface area contributed by atoms with Gasteiger partial charge in [-0.1, -0.05) is 42.5 Å². The Kier molecular flexibility index (Phi) is 4.09. The number of rotatable bonds is 4. The second-order valence-corrected chi connectivity index (χ2v) is 6.28. The first-order valence-corrected chi connectivity index (χ1v) is 8.52. The molecule has 0 saturated heterocycles. The summed E-state index contributed by atoms with van der Waals surface area (Å²) in [7, 11) is 1.63. The van der Waals surface area contributed by atoms with Crippen LogP contribution in [0.15, 0.2) is 71.1 Å². The Morgan fingerprint density at radius 3 is 2.54 bits per heavy atom. The first-order chi connectivity index (χ1) is 12.7. The number of methoxy groups -OCH3 is 1. The van der Waals surface area contributed by atoms with E-state index in [0.29, 0.717) is 11.3 Å². The van der Waals surface area contributed by atoms with Crippen LogP contribution in [-0.4, -0.2) is 13.0 Å². The molecule has 130 valence electrons. The lowest BCUT2D eigenvalue weighted by Crippen LogP contribution is -2.26. The van der Waals surface area contributed by atoms with Gasteiger partial charge in [-0.15, -0.1) is 0 Å². The average Bonchev–Trinajstić information content (AvgIpc) is 3.13. The van der Waals surface area contributed by atoms with Crippen LogP contribution in [0.3, 0.4) is 0 Å². The van der Waals surface area contributed by atoms with Crippen molar-refractivity contribution >= 4 is 27.6 Å². The second kappa shape index (κ2) is 6.56. The summed E-state index contributed by atoms with van der Waals surface area (Å²) >= 11 is 0. The Morgan fingerprint density at radius 2 is 1.77 bits per heavy atom. The van der Waals surface area contributed by atoms with E-state index in [1.165, 1.54) is 0 Å². The number of ether oxygens (including phenoxy) is 1. The summed E-state index contributed by atoms with van der Waals surface area (Å²) in [4.78, 5) is 12.6. The third-order valence-corrected chi connectivity index (χ3v) is 4.61. The van der Waals surface area contributed by atoms with Gasteiger partial charge in [0.15, 0.2) is 5.76 Å². The van der Waals surface area contributed by atoms with Crippen LogP contribution in [0.1, 0.15) is 29.1 Å². The molecule has 1 atom stereocenters. The molecule has 26 heavy (non-hydrogen) atoms. The highest BCUT2D eigenvalue weighted by molar-refractivity contribution is 6.08. The third kappa shape index (κ3) is 2.90. The molecule has 1 heterocycles. The molecule has 0 bridgehead atoms. The predicted octanol–water partition coefficient (Wildman–Crippen LogP) is 5.09. The third-order valence-electron chi connectivity index (χ3n) is 4.61. The molecule has 0 fully saturated rings. The minimum Gasteiger partial charge on any atom is -0.497 e. The van der Waals surface area contributed by atoms with E-state index in [2.05, 4.69) is 5.32 Å². The summed E-state index contributed by atoms with van der Waals surface area (Å²) in [6, 6.07) is 21.3. The number of carbonyl (C=O) groups is 1. The number of carbonyl (C=O) groups excluding carboxylic acids is 1. The normalized spacial score (nSPS) is 12.2. The molecule has 1 amide bonds. The highest BCUT2D eigenvalue weighted by Crippen LogP contribution is 2.28. The van der Waals surface area contributed by atoms with E-state index in [4.69, 9.17) is 9.15 Å². The lowest BCUT2D eigenvalue weighted by Gasteiger charge is -2.13. The van der Waals surface area contributed by atoms with Crippen molar-refractivity contribution in [1.82, 2.24) is 5.32 Å². The van der Waals surface area contributed by atoms with Crippen molar-refractivity contribution in [3.63, 3.8) is 0 Å². The molecule has 0 aliphatic heterocycles. The average molecular weight is 345 g/mol. The van der Waals surface area contributed by atoms with E-state index < -0.39 is 0 Å². The molecular formula is C22H19NO3. The second-order valence-electron chi connectivity index (χ2n) is 6.28. The van der Waals surface area contributed by atoms with Crippen molar-refractivity contribution in [1.29, 1.82) is 0 Å². The minimum atomic E-state index is -0.228. The maximum Gasteiger partial charge on any atom is 0.287 e. The van der Waals surface area contributed by atoms with Crippen molar-refractivity contribution in [2.24, 2.45) is 0 Å². The highest BCUT2D eigenvalue weighted by atomic mass is 16.5. The zero-order valence-electron chi connectivity index (χ0n) is 14.7. The summed E-state index contributed by atoms with van der Waals surface area (Å²) in [5.41, 5.74) is 1.71. The van der Waals surface area contributed by atoms with Crippen LogP contribution in [0.4, 0.5) is 0 Å². The quantitative estimate of drug-likeness (QED) is 0.561. The van der Waals surface area contributed by atoms with Gasteiger partial charge in [-0.3, -0.25) is 4.79 Å². The van der Waals surface area contributed by atoms with Gasteiger partial charge in [0.2, 0.25) is 0 Å². The minimum absolute atomic E-state index is 0.140. The maximum absolute atomic E-state index is 12.6. The van der Waals surface area contributed by atoms with Crippen LogP contribution in [-0.2, 0) is 0 Å². The maximum atomic E-state index is 12.6. The summed E-state index contributed by atoms with van der Waals surface area (Å²) in [5, 5.41) is 6.14. The monoisotopic (exact) mass is 345 g/mol. The van der Waals surface area contributed by atoms with Crippen molar-refractivity contribution in [3.8, 4) is 5.75 Å². The van der Waals surface area contributed by atoms with E-state index in [1.807, 2.05) is 73.7 Å². The molecule has 1 aromatic heterocycles. The number of benzene rings is 3. The van der Waals surface area contributed by atoms with Crippen LogP contribution in [0, 0.1) is 0 Å².